The molecule has 0 unspecified atom stereocenters. The number of nitrogens with zero attached hydrogens (tertiary/aromatic N) is 1. The maximum absolute atomic E-state index is 11.8. The number of carbonyl (C=O) groups excluding carboxylic acids is 1. The molecule has 1 aromatic rings. The molecule has 0 fully saturated rings. The van der Waals surface area contributed by atoms with Crippen LogP contribution in [-0.4, -0.2) is 10.1 Å². The smallest absolute Gasteiger partial charge is 0.178 e. The molecule has 14 heavy (non-hydrogen) atoms. The Morgan fingerprint density at radius 3 is 2.64 bits per heavy atom. The predicted molar refractivity (Wildman–Crippen MR) is 58.5 cm³/mol. The van der Waals surface area contributed by atoms with Crippen molar-refractivity contribution in [3.05, 3.63) is 35.4 Å². The van der Waals surface area contributed by atoms with Crippen LogP contribution < -0.4 is 0 Å². The lowest BCUT2D eigenvalue weighted by atomic mass is 9.99. The molecule has 0 spiro atoms. The van der Waals surface area contributed by atoms with Gasteiger partial charge in [-0.2, -0.15) is 5.26 Å². The van der Waals surface area contributed by atoms with E-state index in [-0.39, 0.29) is 5.78 Å². The van der Waals surface area contributed by atoms with Crippen LogP contribution in [0.5, 0.6) is 0 Å². The molecule has 0 bridgehead atoms. The molecule has 0 N–H and O–H groups in total. The van der Waals surface area contributed by atoms with Gasteiger partial charge in [-0.05, 0) is 26.0 Å². The zero-order valence-corrected chi connectivity index (χ0v) is 9.63. The molecule has 0 aliphatic heterocycles. The Hall–Kier alpha value is -1.14. The quantitative estimate of drug-likeness (QED) is 0.599. The Labute approximate surface area is 91.7 Å². The van der Waals surface area contributed by atoms with Crippen LogP contribution in [0.1, 0.15) is 29.8 Å². The van der Waals surface area contributed by atoms with Gasteiger partial charge in [0.2, 0.25) is 0 Å². The number of alkyl halides is 1. The van der Waals surface area contributed by atoms with Crippen LogP contribution >= 0.6 is 15.9 Å². The van der Waals surface area contributed by atoms with E-state index in [0.29, 0.717) is 11.1 Å². The highest BCUT2D eigenvalue weighted by molar-refractivity contribution is 9.10. The molecule has 3 heteroatoms. The first-order chi connectivity index (χ1) is 6.45. The fourth-order valence-electron chi connectivity index (χ4n) is 1.07. The molecule has 0 aromatic heterocycles. The van der Waals surface area contributed by atoms with Crippen LogP contribution in [0.2, 0.25) is 0 Å². The van der Waals surface area contributed by atoms with E-state index < -0.39 is 4.32 Å². The third-order valence-electron chi connectivity index (χ3n) is 1.79. The zero-order valence-electron chi connectivity index (χ0n) is 8.04. The van der Waals surface area contributed by atoms with Crippen molar-refractivity contribution in [1.29, 1.82) is 5.26 Å². The number of benzene rings is 1. The Balaban J connectivity index is 3.10. The number of Topliss-reactive ketones (excluding diaryl/α,β-unsaturated/α-hetero) is 1. The summed E-state index contributed by atoms with van der Waals surface area (Å²) in [6.45, 7) is 3.57. The third-order valence-corrected chi connectivity index (χ3v) is 2.15. The van der Waals surface area contributed by atoms with Gasteiger partial charge in [-0.3, -0.25) is 4.79 Å². The topological polar surface area (TPSA) is 40.9 Å². The first-order valence-electron chi connectivity index (χ1n) is 4.19. The summed E-state index contributed by atoms with van der Waals surface area (Å²) in [5.41, 5.74) is 1.07. The monoisotopic (exact) mass is 251 g/mol. The first-order valence-corrected chi connectivity index (χ1v) is 4.98. The average Bonchev–Trinajstić information content (AvgIpc) is 2.15. The third kappa shape index (κ3) is 2.43. The number of hydrogen-bond donors (Lipinski definition) is 0. The second kappa shape index (κ2) is 3.93. The van der Waals surface area contributed by atoms with Crippen LogP contribution in [0.25, 0.3) is 0 Å². The largest absolute Gasteiger partial charge is 0.293 e. The fraction of sp³-hybridized carbons (Fsp3) is 0.273. The van der Waals surface area contributed by atoms with E-state index in [2.05, 4.69) is 15.9 Å². The highest BCUT2D eigenvalue weighted by Crippen LogP contribution is 2.22. The number of nitriles is 1. The van der Waals surface area contributed by atoms with Crippen molar-refractivity contribution >= 4 is 21.7 Å². The van der Waals surface area contributed by atoms with E-state index in [4.69, 9.17) is 5.26 Å². The van der Waals surface area contributed by atoms with Crippen LogP contribution in [0.3, 0.4) is 0 Å². The number of hydrogen-bond acceptors (Lipinski definition) is 2. The predicted octanol–water partition coefficient (Wildman–Crippen LogP) is 2.91. The molecular weight excluding hydrogens is 242 g/mol. The summed E-state index contributed by atoms with van der Waals surface area (Å²) < 4.78 is -0.582. The normalized spacial score (nSPS) is 10.7. The van der Waals surface area contributed by atoms with E-state index in [1.54, 1.807) is 38.1 Å². The van der Waals surface area contributed by atoms with Gasteiger partial charge in [0.1, 0.15) is 0 Å². The van der Waals surface area contributed by atoms with Gasteiger partial charge in [-0.1, -0.05) is 28.1 Å². The van der Waals surface area contributed by atoms with E-state index in [1.807, 2.05) is 6.07 Å². The van der Waals surface area contributed by atoms with Crippen LogP contribution in [0.15, 0.2) is 24.3 Å². The molecule has 1 aromatic carbocycles. The number of carbonyl (C=O) groups is 1. The summed E-state index contributed by atoms with van der Waals surface area (Å²) in [6.07, 6.45) is 0. The van der Waals surface area contributed by atoms with E-state index in [1.165, 1.54) is 0 Å². The van der Waals surface area contributed by atoms with Gasteiger partial charge in [0.15, 0.2) is 5.78 Å². The highest BCUT2D eigenvalue weighted by Gasteiger charge is 2.24. The van der Waals surface area contributed by atoms with Gasteiger partial charge in [-0.15, -0.1) is 0 Å². The summed E-state index contributed by atoms with van der Waals surface area (Å²) in [7, 11) is 0. The Morgan fingerprint density at radius 1 is 1.50 bits per heavy atom. The van der Waals surface area contributed by atoms with Crippen molar-refractivity contribution in [2.45, 2.75) is 18.2 Å². The zero-order chi connectivity index (χ0) is 10.8. The first kappa shape index (κ1) is 10.9. The fourth-order valence-corrected chi connectivity index (χ4v) is 1.30. The average molecular weight is 252 g/mol. The van der Waals surface area contributed by atoms with E-state index in [0.717, 1.165) is 0 Å². The van der Waals surface area contributed by atoms with Gasteiger partial charge in [-0.25, -0.2) is 0 Å². The molecular formula is C11H10BrNO. The Kier molecular flexibility index (Phi) is 3.07. The number of rotatable bonds is 2. The summed E-state index contributed by atoms with van der Waals surface area (Å²) >= 11 is 3.29. The Bertz CT molecular complexity index is 398. The molecule has 0 radical (unpaired) electrons. The summed E-state index contributed by atoms with van der Waals surface area (Å²) in [5, 5.41) is 8.67. The second-order valence-electron chi connectivity index (χ2n) is 3.49. The van der Waals surface area contributed by atoms with Gasteiger partial charge in [0.05, 0.1) is 16.0 Å². The van der Waals surface area contributed by atoms with Crippen LogP contribution in [0.4, 0.5) is 0 Å². The summed E-state index contributed by atoms with van der Waals surface area (Å²) in [5.74, 6) is -0.0189. The van der Waals surface area contributed by atoms with E-state index >= 15 is 0 Å². The van der Waals surface area contributed by atoms with Gasteiger partial charge < -0.3 is 0 Å². The van der Waals surface area contributed by atoms with Crippen molar-refractivity contribution in [3.63, 3.8) is 0 Å². The maximum Gasteiger partial charge on any atom is 0.178 e. The Morgan fingerprint density at radius 2 is 2.14 bits per heavy atom. The van der Waals surface area contributed by atoms with Crippen molar-refractivity contribution in [1.82, 2.24) is 0 Å². The molecule has 72 valence electrons. The lowest BCUT2D eigenvalue weighted by molar-refractivity contribution is 0.0961. The van der Waals surface area contributed by atoms with Gasteiger partial charge in [0.25, 0.3) is 0 Å². The number of halogens is 1. The SMILES string of the molecule is CC(C)(Br)C(=O)c1cccc(C#N)c1. The lowest BCUT2D eigenvalue weighted by Crippen LogP contribution is -2.23. The maximum atomic E-state index is 11.8. The minimum Gasteiger partial charge on any atom is -0.293 e. The molecule has 1 rings (SSSR count). The molecule has 0 aliphatic carbocycles. The molecule has 0 atom stereocenters. The summed E-state index contributed by atoms with van der Waals surface area (Å²) in [4.78, 5) is 11.8. The second-order valence-corrected chi connectivity index (χ2v) is 5.48. The van der Waals surface area contributed by atoms with Crippen molar-refractivity contribution < 1.29 is 4.79 Å². The number of ketones is 1. The molecule has 2 nitrogen and oxygen atoms in total. The van der Waals surface area contributed by atoms with Crippen molar-refractivity contribution in [2.75, 3.05) is 0 Å². The minimum absolute atomic E-state index is 0.0189. The van der Waals surface area contributed by atoms with Crippen LogP contribution in [-0.2, 0) is 0 Å². The lowest BCUT2D eigenvalue weighted by Gasteiger charge is -2.14. The van der Waals surface area contributed by atoms with Crippen LogP contribution in [0, 0.1) is 11.3 Å². The van der Waals surface area contributed by atoms with Crippen molar-refractivity contribution in [2.24, 2.45) is 0 Å². The summed E-state index contributed by atoms with van der Waals surface area (Å²) in [6, 6.07) is 8.71. The molecule has 0 saturated carbocycles. The van der Waals surface area contributed by atoms with Crippen molar-refractivity contribution in [3.8, 4) is 6.07 Å². The van der Waals surface area contributed by atoms with Gasteiger partial charge in [0, 0.05) is 5.56 Å². The molecule has 0 aliphatic rings. The molecule has 0 heterocycles. The standard InChI is InChI=1S/C11H10BrNO/c1-11(2,12)10(14)9-5-3-4-8(6-9)7-13/h3-6H,1-2H3. The molecule has 0 amide bonds. The highest BCUT2D eigenvalue weighted by atomic mass is 79.9. The molecule has 0 saturated heterocycles. The van der Waals surface area contributed by atoms with Gasteiger partial charge >= 0.3 is 0 Å². The van der Waals surface area contributed by atoms with E-state index in [9.17, 15) is 4.79 Å². The minimum atomic E-state index is -0.582.